The van der Waals surface area contributed by atoms with Gasteiger partial charge in [0.25, 0.3) is 0 Å². The van der Waals surface area contributed by atoms with Crippen LogP contribution >= 0.6 is 0 Å². The van der Waals surface area contributed by atoms with Crippen LogP contribution in [0.4, 0.5) is 0 Å². The van der Waals surface area contributed by atoms with Gasteiger partial charge in [0, 0.05) is 34.9 Å². The summed E-state index contributed by atoms with van der Waals surface area (Å²) in [5.74, 6) is 9.04. The summed E-state index contributed by atoms with van der Waals surface area (Å²) in [6.45, 7) is 49.4. The maximum absolute atomic E-state index is 11.5. The normalized spacial score (nSPS) is 23.4. The Morgan fingerprint density at radius 2 is 0.857 bits per heavy atom. The van der Waals surface area contributed by atoms with Crippen molar-refractivity contribution >= 4 is 35.8 Å². The molecule has 6 fully saturated rings. The molecule has 14 nitrogen and oxygen atoms in total. The average molecular weight is 1380 g/mol. The van der Waals surface area contributed by atoms with Crippen LogP contribution in [0.3, 0.4) is 0 Å². The number of hydrogen-bond acceptors (Lipinski definition) is 14. The largest absolute Gasteiger partial charge is 0.463 e. The molecule has 6 rings (SSSR count). The Morgan fingerprint density at radius 1 is 0.449 bits per heavy atom. The number of carbonyl (C=O) groups excluding carboxylic acids is 6. The first kappa shape index (κ1) is 91.2. The molecule has 4 N–H and O–H groups in total. The van der Waals surface area contributed by atoms with Gasteiger partial charge in [-0.2, -0.15) is 0 Å². The highest BCUT2D eigenvalue weighted by atomic mass is 16.6. The number of nitrogens with two attached hydrogens (primary N) is 2. The number of fused-ring (bicyclic) bond motifs is 10. The van der Waals surface area contributed by atoms with Gasteiger partial charge in [0.05, 0.1) is 19.8 Å². The molecular formula is C84H146N2O12. The lowest BCUT2D eigenvalue weighted by molar-refractivity contribution is -0.148. The Labute approximate surface area is 598 Å². The highest BCUT2D eigenvalue weighted by Gasteiger charge is 2.56. The molecule has 14 heteroatoms. The number of carbonyl (C=O) groups is 6. The van der Waals surface area contributed by atoms with Gasteiger partial charge in [0.2, 0.25) is 0 Å². The summed E-state index contributed by atoms with van der Waals surface area (Å²) in [5.41, 5.74) is 12.3. The topological polar surface area (TPSA) is 210 Å². The summed E-state index contributed by atoms with van der Waals surface area (Å²) >= 11 is 0. The van der Waals surface area contributed by atoms with Crippen molar-refractivity contribution in [3.8, 4) is 0 Å². The molecule has 98 heavy (non-hydrogen) atoms. The van der Waals surface area contributed by atoms with Gasteiger partial charge < -0.3 is 39.9 Å². The zero-order valence-corrected chi connectivity index (χ0v) is 64.5. The molecule has 0 saturated heterocycles. The van der Waals surface area contributed by atoms with Crippen LogP contribution in [0.25, 0.3) is 0 Å². The third kappa shape index (κ3) is 38.8. The van der Waals surface area contributed by atoms with Crippen molar-refractivity contribution in [2.75, 3.05) is 32.9 Å². The van der Waals surface area contributed by atoms with Crippen LogP contribution < -0.4 is 11.5 Å². The standard InChI is InChI=1S/C20H38O2.C14H27NO2.C14H20O2.C13H18O2.C12H22O2.C11H21NO2/c1-9-20(21)22-19(8)18(7)13-17(6)12-16(5)11-15(4)10-14(2)3;1-13(2)14(16)17-12-10-8-6-4-3-5-7-9-11-15;1-8(2)14(15)16-13-7-9-6-12(13)11-5-3-4-10(9)11;1-2-13(14)15-12-7-8-6-11(12)10-5-3-4-9(8)10;1-5-7-8-11(6-2)9-14-12(13)10(3)4;1-2-11(13)14-10-8-6-4-3-5-7-9-12/h9,14-19H,1,10-13H2,2-8H3;1,3-12,15H2,2H3;9-13H,1,3-7H2,2H3;2,8-12H,1,3-7H2;11H,3,5-9H2,1-2,4H3;2H,1,3-10,12H2. The van der Waals surface area contributed by atoms with Crippen molar-refractivity contribution in [1.29, 1.82) is 0 Å². The zero-order valence-electron chi connectivity index (χ0n) is 64.5. The highest BCUT2D eigenvalue weighted by molar-refractivity contribution is 5.88. The van der Waals surface area contributed by atoms with Crippen molar-refractivity contribution in [2.45, 2.75) is 307 Å². The quantitative estimate of drug-likeness (QED) is 0.0252. The Kier molecular flexibility index (Phi) is 50.2. The number of unbranched alkanes of at least 4 members (excludes halogenated alkanes) is 13. The van der Waals surface area contributed by atoms with E-state index in [1.54, 1.807) is 20.8 Å². The monoisotopic (exact) mass is 1380 g/mol. The minimum atomic E-state index is -0.326. The second-order valence-corrected chi connectivity index (χ2v) is 30.8. The number of hydrogen-bond donors (Lipinski definition) is 2. The van der Waals surface area contributed by atoms with E-state index >= 15 is 0 Å². The van der Waals surface area contributed by atoms with Crippen molar-refractivity contribution in [3.05, 3.63) is 74.4 Å². The van der Waals surface area contributed by atoms with Crippen LogP contribution in [-0.4, -0.2) is 87.0 Å². The van der Waals surface area contributed by atoms with E-state index in [0.717, 1.165) is 137 Å². The van der Waals surface area contributed by atoms with Crippen LogP contribution in [0, 0.1) is 82.9 Å². The van der Waals surface area contributed by atoms with E-state index in [1.807, 2.05) is 6.92 Å². The van der Waals surface area contributed by atoms with Gasteiger partial charge in [0.15, 0.2) is 0 Å². The lowest BCUT2D eigenvalue weighted by Crippen LogP contribution is -2.32. The summed E-state index contributed by atoms with van der Waals surface area (Å²) in [6, 6.07) is 0. The molecule has 564 valence electrons. The first-order chi connectivity index (χ1) is 46.7. The summed E-state index contributed by atoms with van der Waals surface area (Å²) in [4.78, 5) is 66.8. The number of esters is 6. The molecule has 0 aromatic rings. The predicted molar refractivity (Wildman–Crippen MR) is 403 cm³/mol. The fraction of sp³-hybridized carbons (Fsp3) is 0.786. The summed E-state index contributed by atoms with van der Waals surface area (Å²) in [5, 5.41) is 0. The molecule has 16 atom stereocenters. The molecule has 6 aliphatic rings. The first-order valence-electron chi connectivity index (χ1n) is 39.1. The van der Waals surface area contributed by atoms with Crippen molar-refractivity contribution in [3.63, 3.8) is 0 Å². The van der Waals surface area contributed by atoms with Crippen LogP contribution in [0.1, 0.15) is 289 Å². The average Bonchev–Trinajstić information content (AvgIpc) is 1.61. The molecule has 0 radical (unpaired) electrons. The van der Waals surface area contributed by atoms with E-state index in [2.05, 4.69) is 94.9 Å². The molecular weight excluding hydrogens is 1230 g/mol. The third-order valence-corrected chi connectivity index (χ3v) is 21.3. The number of rotatable bonds is 42. The fourth-order valence-electron chi connectivity index (χ4n) is 16.4. The smallest absolute Gasteiger partial charge is 0.333 e. The number of ether oxygens (including phenoxy) is 6. The molecule has 6 aliphatic carbocycles. The second-order valence-electron chi connectivity index (χ2n) is 30.8. The lowest BCUT2D eigenvalue weighted by atomic mass is 9.80. The minimum absolute atomic E-state index is 0.0388. The van der Waals surface area contributed by atoms with E-state index < -0.39 is 0 Å². The van der Waals surface area contributed by atoms with Crippen LogP contribution in [0.5, 0.6) is 0 Å². The lowest BCUT2D eigenvalue weighted by Gasteiger charge is -2.31. The molecule has 0 spiro atoms. The molecule has 16 unspecified atom stereocenters. The SMILES string of the molecule is C=C(C)C(=O)OC1CC2CC1C1CCCC21.C=C(C)C(=O)OCC(CC)CCCC.C=C(C)C(=O)OCCCCCCCCCCN.C=CC(=O)OC(C)C(C)CC(C)CC(C)CC(C)CC(C)C.C=CC(=O)OC1CC2CC1C1CCCC21.C=CC(=O)OCCCCCCCCN. The maximum Gasteiger partial charge on any atom is 0.333 e. The Balaban J connectivity index is 0.000000592. The molecule has 0 aromatic heterocycles. The van der Waals surface area contributed by atoms with E-state index in [4.69, 9.17) is 39.9 Å². The van der Waals surface area contributed by atoms with Crippen molar-refractivity contribution in [2.24, 2.45) is 94.3 Å². The van der Waals surface area contributed by atoms with Gasteiger partial charge in [-0.25, -0.2) is 28.8 Å². The van der Waals surface area contributed by atoms with E-state index in [0.29, 0.717) is 66.1 Å². The summed E-state index contributed by atoms with van der Waals surface area (Å²) in [7, 11) is 0. The molecule has 0 amide bonds. The van der Waals surface area contributed by atoms with E-state index in [-0.39, 0.29) is 54.1 Å². The molecule has 4 bridgehead atoms. The highest BCUT2D eigenvalue weighted by Crippen LogP contribution is 2.60. The van der Waals surface area contributed by atoms with Crippen LogP contribution in [0.15, 0.2) is 74.4 Å². The van der Waals surface area contributed by atoms with Gasteiger partial charge in [-0.15, -0.1) is 0 Å². The fourth-order valence-corrected chi connectivity index (χ4v) is 16.4. The van der Waals surface area contributed by atoms with Crippen molar-refractivity contribution < 1.29 is 57.2 Å². The van der Waals surface area contributed by atoms with Gasteiger partial charge in [-0.05, 0) is 233 Å². The third-order valence-electron chi connectivity index (χ3n) is 21.3. The second kappa shape index (κ2) is 54.0. The van der Waals surface area contributed by atoms with Gasteiger partial charge >= 0.3 is 35.8 Å². The Hall–Kier alpha value is -4.82. The van der Waals surface area contributed by atoms with Crippen LogP contribution in [-0.2, 0) is 57.2 Å². The van der Waals surface area contributed by atoms with Crippen molar-refractivity contribution in [1.82, 2.24) is 0 Å². The maximum atomic E-state index is 11.5. The Morgan fingerprint density at radius 3 is 1.29 bits per heavy atom. The molecule has 0 aliphatic heterocycles. The van der Waals surface area contributed by atoms with Gasteiger partial charge in [-0.1, -0.05) is 191 Å². The molecule has 0 heterocycles. The first-order valence-corrected chi connectivity index (χ1v) is 39.1. The predicted octanol–water partition coefficient (Wildman–Crippen LogP) is 19.9. The van der Waals surface area contributed by atoms with Gasteiger partial charge in [-0.3, -0.25) is 0 Å². The zero-order chi connectivity index (χ0) is 73.5. The molecule has 6 saturated carbocycles. The summed E-state index contributed by atoms with van der Waals surface area (Å²) in [6.07, 6.45) is 43.4. The van der Waals surface area contributed by atoms with E-state index in [1.165, 1.54) is 153 Å². The molecule has 0 aromatic carbocycles. The van der Waals surface area contributed by atoms with Crippen LogP contribution in [0.2, 0.25) is 0 Å². The van der Waals surface area contributed by atoms with Gasteiger partial charge in [0.1, 0.15) is 18.3 Å². The Bertz CT molecular complexity index is 2310. The summed E-state index contributed by atoms with van der Waals surface area (Å²) < 4.78 is 31.3. The van der Waals surface area contributed by atoms with E-state index in [9.17, 15) is 28.8 Å². The minimum Gasteiger partial charge on any atom is -0.463 e.